The second-order valence-corrected chi connectivity index (χ2v) is 7.23. The zero-order chi connectivity index (χ0) is 19.7. The lowest BCUT2D eigenvalue weighted by Gasteiger charge is -2.38. The zero-order valence-corrected chi connectivity index (χ0v) is 15.9. The molecule has 1 spiro atoms. The second kappa shape index (κ2) is 7.10. The molecule has 4 rings (SSSR count). The highest BCUT2D eigenvalue weighted by Crippen LogP contribution is 2.32. The van der Waals surface area contributed by atoms with Gasteiger partial charge in [0, 0.05) is 37.1 Å². The van der Waals surface area contributed by atoms with E-state index in [0.717, 1.165) is 18.4 Å². The molecule has 28 heavy (non-hydrogen) atoms. The van der Waals surface area contributed by atoms with Crippen LogP contribution in [-0.2, 0) is 4.74 Å². The average molecular weight is 382 g/mol. The number of likely N-dealkylation sites (N-methyl/N-ethyl adjacent to an activating group) is 1. The molecule has 0 N–H and O–H groups in total. The van der Waals surface area contributed by atoms with Gasteiger partial charge in [0.25, 0.3) is 5.91 Å². The molecule has 3 heterocycles. The summed E-state index contributed by atoms with van der Waals surface area (Å²) in [6, 6.07) is 7.26. The molecule has 1 aromatic carbocycles. The highest BCUT2D eigenvalue weighted by atomic mass is 16.6. The van der Waals surface area contributed by atoms with Gasteiger partial charge < -0.3 is 19.3 Å². The van der Waals surface area contributed by atoms with E-state index in [2.05, 4.69) is 9.97 Å². The molecule has 1 aromatic heterocycles. The molecule has 146 valence electrons. The number of carbonyl (C=O) groups excluding carboxylic acids is 2. The van der Waals surface area contributed by atoms with Gasteiger partial charge >= 0.3 is 6.09 Å². The van der Waals surface area contributed by atoms with Gasteiger partial charge in [-0.1, -0.05) is 12.1 Å². The molecule has 2 aliphatic heterocycles. The van der Waals surface area contributed by atoms with Crippen LogP contribution in [0.5, 0.6) is 5.88 Å². The normalized spacial score (nSPS) is 21.7. The van der Waals surface area contributed by atoms with E-state index in [1.165, 1.54) is 7.11 Å². The van der Waals surface area contributed by atoms with E-state index in [1.54, 1.807) is 41.4 Å². The third-order valence-electron chi connectivity index (χ3n) is 5.21. The number of methoxy groups -OCH3 is 1. The van der Waals surface area contributed by atoms with Gasteiger partial charge in [-0.3, -0.25) is 4.79 Å². The molecule has 2 saturated heterocycles. The molecule has 8 heteroatoms. The fourth-order valence-electron chi connectivity index (χ4n) is 3.93. The number of likely N-dealkylation sites (tertiary alicyclic amines) is 1. The summed E-state index contributed by atoms with van der Waals surface area (Å²) in [7, 11) is 3.26. The topological polar surface area (TPSA) is 84.9 Å². The number of hydrogen-bond acceptors (Lipinski definition) is 6. The van der Waals surface area contributed by atoms with Crippen molar-refractivity contribution in [3.8, 4) is 17.1 Å². The zero-order valence-electron chi connectivity index (χ0n) is 15.9. The summed E-state index contributed by atoms with van der Waals surface area (Å²) in [5.41, 5.74) is 1.29. The van der Waals surface area contributed by atoms with Gasteiger partial charge in [0.1, 0.15) is 11.3 Å². The van der Waals surface area contributed by atoms with E-state index < -0.39 is 5.60 Å². The van der Waals surface area contributed by atoms with Crippen LogP contribution in [-0.4, -0.2) is 71.2 Å². The minimum atomic E-state index is -0.606. The summed E-state index contributed by atoms with van der Waals surface area (Å²) in [5.74, 6) is 0.319. The molecule has 1 atom stereocenters. The summed E-state index contributed by atoms with van der Waals surface area (Å²) in [6.07, 6.45) is 4.38. The molecule has 2 aromatic rings. The lowest BCUT2D eigenvalue weighted by molar-refractivity contribution is -0.00520. The Morgan fingerprint density at radius 1 is 1.25 bits per heavy atom. The van der Waals surface area contributed by atoms with Crippen molar-refractivity contribution in [3.05, 3.63) is 42.2 Å². The van der Waals surface area contributed by atoms with Crippen molar-refractivity contribution in [1.82, 2.24) is 19.8 Å². The monoisotopic (exact) mass is 382 g/mol. The summed E-state index contributed by atoms with van der Waals surface area (Å²) < 4.78 is 10.9. The molecular formula is C20H22N4O4. The number of nitrogens with zero attached hydrogens (tertiary/aromatic N) is 4. The Labute approximate surface area is 163 Å². The molecule has 8 nitrogen and oxygen atoms in total. The minimum Gasteiger partial charge on any atom is -0.479 e. The summed E-state index contributed by atoms with van der Waals surface area (Å²) in [6.45, 7) is 1.55. The third kappa shape index (κ3) is 3.26. The van der Waals surface area contributed by atoms with Crippen LogP contribution in [0.15, 0.2) is 36.7 Å². The quantitative estimate of drug-likeness (QED) is 0.809. The van der Waals surface area contributed by atoms with E-state index >= 15 is 0 Å². The van der Waals surface area contributed by atoms with Crippen molar-refractivity contribution in [1.29, 1.82) is 0 Å². The van der Waals surface area contributed by atoms with Crippen molar-refractivity contribution < 1.29 is 19.1 Å². The van der Waals surface area contributed by atoms with Gasteiger partial charge in [0.05, 0.1) is 20.2 Å². The number of aromatic nitrogens is 2. The van der Waals surface area contributed by atoms with Crippen LogP contribution in [0.3, 0.4) is 0 Å². The predicted molar refractivity (Wildman–Crippen MR) is 101 cm³/mol. The Bertz CT molecular complexity index is 919. The minimum absolute atomic E-state index is 0.0885. The van der Waals surface area contributed by atoms with E-state index in [1.807, 2.05) is 12.1 Å². The van der Waals surface area contributed by atoms with Crippen LogP contribution in [0.2, 0.25) is 0 Å². The van der Waals surface area contributed by atoms with Gasteiger partial charge in [-0.15, -0.1) is 0 Å². The number of ether oxygens (including phenoxy) is 2. The van der Waals surface area contributed by atoms with E-state index in [-0.39, 0.29) is 12.0 Å². The largest absolute Gasteiger partial charge is 0.479 e. The number of piperidine rings is 1. The number of hydrogen-bond donors (Lipinski definition) is 0. The van der Waals surface area contributed by atoms with Crippen LogP contribution in [0.1, 0.15) is 23.2 Å². The van der Waals surface area contributed by atoms with Crippen molar-refractivity contribution >= 4 is 12.0 Å². The average Bonchev–Trinajstić information content (AvgIpc) is 2.99. The number of rotatable bonds is 3. The summed E-state index contributed by atoms with van der Waals surface area (Å²) in [4.78, 5) is 36.8. The van der Waals surface area contributed by atoms with Crippen LogP contribution < -0.4 is 4.74 Å². The maximum absolute atomic E-state index is 13.1. The standard InChI is InChI=1S/C20H22N4O4/c1-23-12-20(28-19(23)26)7-4-10-24(13-20)18(25)15-6-3-5-14(11-15)16-17(27-2)22-9-8-21-16/h3,5-6,8-9,11H,4,7,10,12-13H2,1-2H3/t20-/m0/s1. The lowest BCUT2D eigenvalue weighted by atomic mass is 9.92. The maximum Gasteiger partial charge on any atom is 0.410 e. The molecule has 0 saturated carbocycles. The number of amides is 2. The van der Waals surface area contributed by atoms with E-state index in [9.17, 15) is 9.59 Å². The molecule has 0 radical (unpaired) electrons. The maximum atomic E-state index is 13.1. The molecule has 2 amide bonds. The van der Waals surface area contributed by atoms with Crippen LogP contribution in [0.25, 0.3) is 11.3 Å². The predicted octanol–water partition coefficient (Wildman–Crippen LogP) is 2.21. The number of benzene rings is 1. The van der Waals surface area contributed by atoms with E-state index in [0.29, 0.717) is 36.8 Å². The van der Waals surface area contributed by atoms with Crippen LogP contribution in [0.4, 0.5) is 4.79 Å². The van der Waals surface area contributed by atoms with Crippen molar-refractivity contribution in [2.24, 2.45) is 0 Å². The van der Waals surface area contributed by atoms with Gasteiger partial charge in [0.15, 0.2) is 0 Å². The van der Waals surface area contributed by atoms with Gasteiger partial charge in [-0.25, -0.2) is 14.8 Å². The molecule has 0 aliphatic carbocycles. The van der Waals surface area contributed by atoms with Crippen molar-refractivity contribution in [2.45, 2.75) is 18.4 Å². The Morgan fingerprint density at radius 3 is 2.82 bits per heavy atom. The molecule has 2 aliphatic rings. The first-order valence-corrected chi connectivity index (χ1v) is 9.20. The fourth-order valence-corrected chi connectivity index (χ4v) is 3.93. The Hall–Kier alpha value is -3.16. The lowest BCUT2D eigenvalue weighted by Crippen LogP contribution is -2.52. The van der Waals surface area contributed by atoms with Gasteiger partial charge in [-0.05, 0) is 25.0 Å². The highest BCUT2D eigenvalue weighted by molar-refractivity contribution is 5.95. The fraction of sp³-hybridized carbons (Fsp3) is 0.400. The van der Waals surface area contributed by atoms with Crippen LogP contribution >= 0.6 is 0 Å². The Morgan fingerprint density at radius 2 is 2.07 bits per heavy atom. The highest BCUT2D eigenvalue weighted by Gasteiger charge is 2.47. The molecular weight excluding hydrogens is 360 g/mol. The molecule has 0 unspecified atom stereocenters. The second-order valence-electron chi connectivity index (χ2n) is 7.23. The number of carbonyl (C=O) groups is 2. The first-order chi connectivity index (χ1) is 13.5. The molecule has 0 bridgehead atoms. The van der Waals surface area contributed by atoms with Gasteiger partial charge in [-0.2, -0.15) is 0 Å². The summed E-state index contributed by atoms with van der Waals surface area (Å²) >= 11 is 0. The van der Waals surface area contributed by atoms with Crippen molar-refractivity contribution in [2.75, 3.05) is 33.8 Å². The van der Waals surface area contributed by atoms with Crippen molar-refractivity contribution in [3.63, 3.8) is 0 Å². The molecule has 2 fully saturated rings. The van der Waals surface area contributed by atoms with E-state index in [4.69, 9.17) is 9.47 Å². The first-order valence-electron chi connectivity index (χ1n) is 9.20. The SMILES string of the molecule is COc1nccnc1-c1cccc(C(=O)N2CCC[C@]3(CN(C)C(=O)O3)C2)c1. The Kier molecular flexibility index (Phi) is 4.62. The third-order valence-corrected chi connectivity index (χ3v) is 5.21. The summed E-state index contributed by atoms with van der Waals surface area (Å²) in [5, 5.41) is 0. The van der Waals surface area contributed by atoms with Gasteiger partial charge in [0.2, 0.25) is 5.88 Å². The van der Waals surface area contributed by atoms with Crippen LogP contribution in [0, 0.1) is 0 Å². The smallest absolute Gasteiger partial charge is 0.410 e. The Balaban J connectivity index is 1.58. The first kappa shape index (κ1) is 18.2.